The third-order valence-electron chi connectivity index (χ3n) is 0. The summed E-state index contributed by atoms with van der Waals surface area (Å²) in [5.74, 6) is 1.42. The molecule has 0 aromatic rings. The van der Waals surface area contributed by atoms with Gasteiger partial charge in [-0.15, -0.1) is 0 Å². The molecule has 0 fully saturated rings. The monoisotopic (exact) mass is 177 g/mol. The van der Waals surface area contributed by atoms with Gasteiger partial charge in [0.15, 0.2) is 0 Å². The van der Waals surface area contributed by atoms with E-state index in [1.165, 1.54) is 5.92 Å². The van der Waals surface area contributed by atoms with E-state index in [0.717, 1.165) is 0 Å². The third kappa shape index (κ3) is 160. The molecule has 2 heteroatoms. The Morgan fingerprint density at radius 1 is 1.00 bits per heavy atom. The minimum atomic E-state index is 0. The number of hydrogen-bond donors (Lipinski definition) is 0. The van der Waals surface area contributed by atoms with Crippen LogP contribution in [0.25, 0.3) is 6.15 Å². The maximum atomic E-state index is 2.08. The fourth-order valence-corrected chi connectivity index (χ4v) is 0. The first-order valence-corrected chi connectivity index (χ1v) is 1.50. The number of hydrogen-bond acceptors (Lipinski definition) is 0. The van der Waals surface area contributed by atoms with Crippen molar-refractivity contribution in [3.05, 3.63) is 19.5 Å². The molecule has 7 heavy (non-hydrogen) atoms. The van der Waals surface area contributed by atoms with Crippen molar-refractivity contribution in [1.29, 1.82) is 0 Å². The van der Waals surface area contributed by atoms with Crippen LogP contribution in [-0.4, -0.2) is 0 Å². The van der Waals surface area contributed by atoms with Crippen LogP contribution in [-0.2, 0) is 32.7 Å². The van der Waals surface area contributed by atoms with Crippen LogP contribution >= 0.6 is 0 Å². The molecule has 0 aromatic carbocycles. The van der Waals surface area contributed by atoms with E-state index >= 15 is 0 Å². The summed E-state index contributed by atoms with van der Waals surface area (Å²) in [7, 11) is 0. The summed E-state index contributed by atoms with van der Waals surface area (Å²) in [6, 6.07) is 0. The smallest absolute Gasteiger partial charge is 0.693 e. The van der Waals surface area contributed by atoms with Crippen LogP contribution in [0.1, 0.15) is 20.8 Å². The zero-order valence-corrected chi connectivity index (χ0v) is 8.49. The van der Waals surface area contributed by atoms with Crippen molar-refractivity contribution in [2.75, 3.05) is 0 Å². The van der Waals surface area contributed by atoms with Gasteiger partial charge in [0.25, 0.3) is 0 Å². The summed E-state index contributed by atoms with van der Waals surface area (Å²) in [6.07, 6.45) is 0. The Morgan fingerprint density at radius 3 is 1.00 bits per heavy atom. The van der Waals surface area contributed by atoms with Crippen LogP contribution in [0.2, 0.25) is 0 Å². The molecule has 0 aliphatic heterocycles. The van der Waals surface area contributed by atoms with Crippen molar-refractivity contribution >= 4 is 0 Å². The fourth-order valence-electron chi connectivity index (χ4n) is 0. The first-order valence-electron chi connectivity index (χ1n) is 1.50. The molecule has 0 aliphatic carbocycles. The van der Waals surface area contributed by atoms with Gasteiger partial charge in [-0.05, 0) is 0 Å². The van der Waals surface area contributed by atoms with Crippen molar-refractivity contribution in [1.82, 2.24) is 0 Å². The van der Waals surface area contributed by atoms with E-state index in [1.807, 2.05) is 0 Å². The van der Waals surface area contributed by atoms with Crippen LogP contribution in [0.15, 0.2) is 0 Å². The van der Waals surface area contributed by atoms with Crippen molar-refractivity contribution < 1.29 is 32.7 Å². The Bertz CT molecular complexity index is 12.8. The van der Waals surface area contributed by atoms with Gasteiger partial charge in [0.1, 0.15) is 0 Å². The molecule has 0 saturated carbocycles. The normalized spacial score (nSPS) is 5.14. The van der Waals surface area contributed by atoms with Crippen molar-refractivity contribution in [3.8, 4) is 0 Å². The number of rotatable bonds is 0. The van der Waals surface area contributed by atoms with E-state index in [4.69, 9.17) is 0 Å². The van der Waals surface area contributed by atoms with Gasteiger partial charge in [0, 0.05) is 0 Å². The van der Waals surface area contributed by atoms with Gasteiger partial charge in [-0.2, -0.15) is 20.8 Å². The van der Waals surface area contributed by atoms with Crippen LogP contribution < -0.4 is 0 Å². The Hall–Kier alpha value is 1.06. The standard InChI is InChI=1S/C4H9.CH3.H2N.Y/c1-4(2)3;;;/h1-3H3;1H3;1H2;/q3*-1;+3. The molecule has 1 nitrogen and oxygen atoms in total. The molecule has 0 aromatic heterocycles. The van der Waals surface area contributed by atoms with Crippen LogP contribution in [0.4, 0.5) is 0 Å². The fraction of sp³-hybridized carbons (Fsp3) is 0.600. The van der Waals surface area contributed by atoms with Crippen molar-refractivity contribution in [2.24, 2.45) is 0 Å². The van der Waals surface area contributed by atoms with Crippen LogP contribution in [0.3, 0.4) is 0 Å². The quantitative estimate of drug-likeness (QED) is 0.510. The van der Waals surface area contributed by atoms with Gasteiger partial charge in [-0.1, -0.05) is 0 Å². The summed E-state index contributed by atoms with van der Waals surface area (Å²) < 4.78 is 0. The molecule has 0 spiro atoms. The van der Waals surface area contributed by atoms with Crippen LogP contribution in [0, 0.1) is 13.3 Å². The maximum absolute atomic E-state index is 2.08. The largest absolute Gasteiger partial charge is 3.00 e. The van der Waals surface area contributed by atoms with Gasteiger partial charge >= 0.3 is 32.7 Å². The van der Waals surface area contributed by atoms with Gasteiger partial charge in [0.05, 0.1) is 0 Å². The first kappa shape index (κ1) is 24.4. The molecule has 0 bridgehead atoms. The van der Waals surface area contributed by atoms with Crippen molar-refractivity contribution in [3.63, 3.8) is 0 Å². The summed E-state index contributed by atoms with van der Waals surface area (Å²) >= 11 is 0. The SMILES string of the molecule is C[C-](C)C.[CH3-].[NH2-].[Y+3]. The Morgan fingerprint density at radius 2 is 1.00 bits per heavy atom. The van der Waals surface area contributed by atoms with E-state index in [0.29, 0.717) is 0 Å². The van der Waals surface area contributed by atoms with Gasteiger partial charge in [0.2, 0.25) is 0 Å². The minimum absolute atomic E-state index is 0. The topological polar surface area (TPSA) is 33.5 Å². The van der Waals surface area contributed by atoms with Gasteiger partial charge in [-0.25, -0.2) is 0 Å². The predicted octanol–water partition coefficient (Wildman–Crippen LogP) is 2.79. The van der Waals surface area contributed by atoms with E-state index in [9.17, 15) is 0 Å². The second-order valence-corrected chi connectivity index (χ2v) is 1.50. The molecular formula is C5H14NY. The molecule has 0 radical (unpaired) electrons. The number of nitrogens with two attached hydrogens (primary N) is 1. The van der Waals surface area contributed by atoms with Gasteiger partial charge < -0.3 is 19.5 Å². The molecule has 0 saturated heterocycles. The summed E-state index contributed by atoms with van der Waals surface area (Å²) in [5.41, 5.74) is 0. The van der Waals surface area contributed by atoms with E-state index < -0.39 is 0 Å². The van der Waals surface area contributed by atoms with E-state index in [2.05, 4.69) is 20.8 Å². The average Bonchev–Trinajstić information content (AvgIpc) is 0.811. The minimum Gasteiger partial charge on any atom is -0.693 e. The Balaban J connectivity index is -0.0000000150. The Labute approximate surface area is 72.7 Å². The molecule has 0 unspecified atom stereocenters. The molecule has 42 valence electrons. The first-order chi connectivity index (χ1) is 1.73. The second kappa shape index (κ2) is 15.7. The third-order valence-corrected chi connectivity index (χ3v) is 0. The zero-order chi connectivity index (χ0) is 3.58. The maximum Gasteiger partial charge on any atom is 3.00 e. The summed E-state index contributed by atoms with van der Waals surface area (Å²) in [4.78, 5) is 0. The molecule has 2 N–H and O–H groups in total. The molecule has 0 aliphatic rings. The van der Waals surface area contributed by atoms with E-state index in [-0.39, 0.29) is 46.3 Å². The molecule has 0 rings (SSSR count). The zero-order valence-electron chi connectivity index (χ0n) is 5.65. The molecule has 0 heterocycles. The van der Waals surface area contributed by atoms with Crippen molar-refractivity contribution in [2.45, 2.75) is 20.8 Å². The average molecular weight is 177 g/mol. The second-order valence-electron chi connectivity index (χ2n) is 1.50. The molecular weight excluding hydrogens is 163 g/mol. The molecule has 0 atom stereocenters. The van der Waals surface area contributed by atoms with Gasteiger partial charge in [-0.3, -0.25) is 0 Å². The summed E-state index contributed by atoms with van der Waals surface area (Å²) in [5, 5.41) is 0. The predicted molar refractivity (Wildman–Crippen MR) is 32.0 cm³/mol. The van der Waals surface area contributed by atoms with Crippen LogP contribution in [0.5, 0.6) is 0 Å². The Kier molecular flexibility index (Phi) is 54.7. The molecule has 0 amide bonds. The summed E-state index contributed by atoms with van der Waals surface area (Å²) in [6.45, 7) is 6.25. The van der Waals surface area contributed by atoms with E-state index in [1.54, 1.807) is 0 Å².